The molecule has 1 aromatic rings. The van der Waals surface area contributed by atoms with Crippen molar-refractivity contribution in [1.82, 2.24) is 15.5 Å². The predicted octanol–water partition coefficient (Wildman–Crippen LogP) is 2.82. The van der Waals surface area contributed by atoms with Crippen molar-refractivity contribution >= 4 is 34.2 Å². The second-order valence-electron chi connectivity index (χ2n) is 5.68. The van der Waals surface area contributed by atoms with Crippen LogP contribution < -0.4 is 11.1 Å². The van der Waals surface area contributed by atoms with Gasteiger partial charge in [-0.25, -0.2) is 0 Å². The molecule has 20 heavy (non-hydrogen) atoms. The van der Waals surface area contributed by atoms with Gasteiger partial charge in [0.15, 0.2) is 5.69 Å². The molecule has 116 valence electrons. The Morgan fingerprint density at radius 2 is 2.00 bits per heavy atom. The molecule has 0 spiro atoms. The van der Waals surface area contributed by atoms with Crippen LogP contribution in [0.1, 0.15) is 56.7 Å². The highest BCUT2D eigenvalue weighted by molar-refractivity contribution is 9.10. The zero-order valence-corrected chi connectivity index (χ0v) is 15.0. The van der Waals surface area contributed by atoms with Crippen molar-refractivity contribution in [3.8, 4) is 0 Å². The SMILES string of the molecule is CC(C)c1[nH]nc(C(=O)NC(C)(CN)C(C)C)c1Br.Cl. The van der Waals surface area contributed by atoms with E-state index in [4.69, 9.17) is 5.73 Å². The number of nitrogens with two attached hydrogens (primary N) is 1. The topological polar surface area (TPSA) is 83.8 Å². The molecule has 0 saturated carbocycles. The molecular weight excluding hydrogens is 344 g/mol. The average molecular weight is 368 g/mol. The van der Waals surface area contributed by atoms with E-state index < -0.39 is 5.54 Å². The van der Waals surface area contributed by atoms with Gasteiger partial charge in [0, 0.05) is 6.54 Å². The lowest BCUT2D eigenvalue weighted by Gasteiger charge is -2.33. The van der Waals surface area contributed by atoms with Crippen LogP contribution in [-0.2, 0) is 0 Å². The Morgan fingerprint density at radius 3 is 2.35 bits per heavy atom. The molecule has 0 saturated heterocycles. The summed E-state index contributed by atoms with van der Waals surface area (Å²) in [4.78, 5) is 12.3. The van der Waals surface area contributed by atoms with Crippen molar-refractivity contribution in [2.75, 3.05) is 6.54 Å². The minimum atomic E-state index is -0.437. The van der Waals surface area contributed by atoms with Crippen LogP contribution in [-0.4, -0.2) is 28.2 Å². The molecule has 4 N–H and O–H groups in total. The van der Waals surface area contributed by atoms with Crippen molar-refractivity contribution in [3.05, 3.63) is 15.9 Å². The summed E-state index contributed by atoms with van der Waals surface area (Å²) < 4.78 is 0.725. The largest absolute Gasteiger partial charge is 0.344 e. The van der Waals surface area contributed by atoms with Gasteiger partial charge in [0.2, 0.25) is 0 Å². The maximum Gasteiger partial charge on any atom is 0.273 e. The minimum absolute atomic E-state index is 0. The van der Waals surface area contributed by atoms with Crippen molar-refractivity contribution in [3.63, 3.8) is 0 Å². The Kier molecular flexibility index (Phi) is 7.21. The highest BCUT2D eigenvalue weighted by Crippen LogP contribution is 2.26. The van der Waals surface area contributed by atoms with Crippen LogP contribution in [0.4, 0.5) is 0 Å². The number of rotatable bonds is 5. The summed E-state index contributed by atoms with van der Waals surface area (Å²) >= 11 is 3.43. The number of halogens is 2. The Bertz CT molecular complexity index is 461. The summed E-state index contributed by atoms with van der Waals surface area (Å²) in [6, 6.07) is 0. The summed E-state index contributed by atoms with van der Waals surface area (Å²) in [5.74, 6) is 0.301. The van der Waals surface area contributed by atoms with E-state index in [1.807, 2.05) is 34.6 Å². The number of nitrogens with one attached hydrogen (secondary N) is 2. The van der Waals surface area contributed by atoms with E-state index in [0.29, 0.717) is 12.2 Å². The Morgan fingerprint density at radius 1 is 1.45 bits per heavy atom. The van der Waals surface area contributed by atoms with E-state index in [1.54, 1.807) is 0 Å². The first-order valence-corrected chi connectivity index (χ1v) is 7.28. The first kappa shape index (κ1) is 19.4. The van der Waals surface area contributed by atoms with Gasteiger partial charge in [0.1, 0.15) is 0 Å². The number of hydrogen-bond donors (Lipinski definition) is 3. The third kappa shape index (κ3) is 3.96. The molecule has 0 aliphatic carbocycles. The zero-order chi connectivity index (χ0) is 14.8. The van der Waals surface area contributed by atoms with Gasteiger partial charge in [0.05, 0.1) is 15.7 Å². The fraction of sp³-hybridized carbons (Fsp3) is 0.692. The van der Waals surface area contributed by atoms with Crippen molar-refractivity contribution in [1.29, 1.82) is 0 Å². The molecule has 1 amide bonds. The maximum atomic E-state index is 12.3. The van der Waals surface area contributed by atoms with Crippen LogP contribution in [0.15, 0.2) is 4.47 Å². The van der Waals surface area contributed by atoms with Gasteiger partial charge >= 0.3 is 0 Å². The quantitative estimate of drug-likeness (QED) is 0.748. The van der Waals surface area contributed by atoms with E-state index in [9.17, 15) is 4.79 Å². The molecule has 1 unspecified atom stereocenters. The Balaban J connectivity index is 0.00000361. The lowest BCUT2D eigenvalue weighted by Crippen LogP contribution is -2.55. The van der Waals surface area contributed by atoms with Gasteiger partial charge in [-0.05, 0) is 34.7 Å². The van der Waals surface area contributed by atoms with Crippen molar-refractivity contribution in [2.24, 2.45) is 11.7 Å². The highest BCUT2D eigenvalue weighted by Gasteiger charge is 2.31. The Hall–Kier alpha value is -0.590. The van der Waals surface area contributed by atoms with Gasteiger partial charge in [-0.1, -0.05) is 27.7 Å². The number of aromatic amines is 1. The normalized spacial score (nSPS) is 14.1. The van der Waals surface area contributed by atoms with Gasteiger partial charge in [0.25, 0.3) is 5.91 Å². The summed E-state index contributed by atoms with van der Waals surface area (Å²) in [5, 5.41) is 9.96. The molecule has 0 radical (unpaired) electrons. The first-order chi connectivity index (χ1) is 8.73. The van der Waals surface area contributed by atoms with Crippen LogP contribution in [0.25, 0.3) is 0 Å². The van der Waals surface area contributed by atoms with E-state index in [1.165, 1.54) is 0 Å². The molecule has 0 aliphatic heterocycles. The molecule has 0 aromatic carbocycles. The number of amides is 1. The summed E-state index contributed by atoms with van der Waals surface area (Å²) in [6.07, 6.45) is 0. The monoisotopic (exact) mass is 366 g/mol. The Labute approximate surface area is 135 Å². The number of H-pyrrole nitrogens is 1. The summed E-state index contributed by atoms with van der Waals surface area (Å²) in [7, 11) is 0. The van der Waals surface area contributed by atoms with Gasteiger partial charge in [-0.15, -0.1) is 12.4 Å². The molecule has 1 rings (SSSR count). The smallest absolute Gasteiger partial charge is 0.273 e. The van der Waals surface area contributed by atoms with Crippen LogP contribution in [0.5, 0.6) is 0 Å². The van der Waals surface area contributed by atoms with Crippen LogP contribution >= 0.6 is 28.3 Å². The van der Waals surface area contributed by atoms with Gasteiger partial charge in [-0.3, -0.25) is 9.89 Å². The predicted molar refractivity (Wildman–Crippen MR) is 87.4 cm³/mol. The third-order valence-corrected chi connectivity index (χ3v) is 4.43. The molecule has 0 fully saturated rings. The van der Waals surface area contributed by atoms with Gasteiger partial charge in [-0.2, -0.15) is 5.10 Å². The van der Waals surface area contributed by atoms with Crippen molar-refractivity contribution in [2.45, 2.75) is 46.1 Å². The molecular formula is C13H24BrClN4O. The van der Waals surface area contributed by atoms with E-state index in [-0.39, 0.29) is 30.2 Å². The second kappa shape index (κ2) is 7.43. The van der Waals surface area contributed by atoms with Gasteiger partial charge < -0.3 is 11.1 Å². The highest BCUT2D eigenvalue weighted by atomic mass is 79.9. The maximum absolute atomic E-state index is 12.3. The minimum Gasteiger partial charge on any atom is -0.344 e. The number of carbonyl (C=O) groups is 1. The number of aromatic nitrogens is 2. The lowest BCUT2D eigenvalue weighted by atomic mass is 9.88. The summed E-state index contributed by atoms with van der Waals surface area (Å²) in [6.45, 7) is 10.5. The molecule has 1 aromatic heterocycles. The van der Waals surface area contributed by atoms with E-state index >= 15 is 0 Å². The second-order valence-corrected chi connectivity index (χ2v) is 6.48. The fourth-order valence-corrected chi connectivity index (χ4v) is 2.44. The fourth-order valence-electron chi connectivity index (χ4n) is 1.62. The summed E-state index contributed by atoms with van der Waals surface area (Å²) in [5.41, 5.74) is 6.63. The standard InChI is InChI=1S/C13H23BrN4O.ClH/c1-7(2)10-9(14)11(18-17-10)12(19)16-13(5,6-15)8(3)4;/h7-8H,6,15H2,1-5H3,(H,16,19)(H,17,18);1H. The number of hydrogen-bond acceptors (Lipinski definition) is 3. The lowest BCUT2D eigenvalue weighted by molar-refractivity contribution is 0.0877. The third-order valence-electron chi connectivity index (χ3n) is 3.62. The molecule has 1 heterocycles. The molecule has 5 nitrogen and oxygen atoms in total. The molecule has 7 heteroatoms. The van der Waals surface area contributed by atoms with Crippen LogP contribution in [0.3, 0.4) is 0 Å². The van der Waals surface area contributed by atoms with Crippen molar-refractivity contribution < 1.29 is 4.79 Å². The molecule has 0 aliphatic rings. The van der Waals surface area contributed by atoms with E-state index in [0.717, 1.165) is 10.2 Å². The van der Waals surface area contributed by atoms with E-state index in [2.05, 4.69) is 31.4 Å². The molecule has 1 atom stereocenters. The number of carbonyl (C=O) groups excluding carboxylic acids is 1. The average Bonchev–Trinajstić information content (AvgIpc) is 2.70. The zero-order valence-electron chi connectivity index (χ0n) is 12.6. The number of nitrogens with zero attached hydrogens (tertiary/aromatic N) is 1. The first-order valence-electron chi connectivity index (χ1n) is 6.49. The van der Waals surface area contributed by atoms with Crippen LogP contribution in [0, 0.1) is 5.92 Å². The van der Waals surface area contributed by atoms with Crippen LogP contribution in [0.2, 0.25) is 0 Å². The molecule has 0 bridgehead atoms.